The summed E-state index contributed by atoms with van der Waals surface area (Å²) in [6.07, 6.45) is 19.3. The van der Waals surface area contributed by atoms with E-state index in [-0.39, 0.29) is 6.42 Å². The third kappa shape index (κ3) is 15.1. The molecular weight excluding hydrogens is 324 g/mol. The SMILES string of the molecule is CCCCCCCCCCCCCCCCCC(=O)N(N)S(=O)O. The molecule has 1 unspecified atom stereocenters. The van der Waals surface area contributed by atoms with Crippen LogP contribution in [-0.4, -0.2) is 19.1 Å². The van der Waals surface area contributed by atoms with Gasteiger partial charge in [0.1, 0.15) is 0 Å². The molecule has 0 aromatic heterocycles. The van der Waals surface area contributed by atoms with Crippen molar-refractivity contribution in [3.05, 3.63) is 0 Å². The summed E-state index contributed by atoms with van der Waals surface area (Å²) in [7, 11) is 0. The van der Waals surface area contributed by atoms with Crippen molar-refractivity contribution in [2.24, 2.45) is 5.84 Å². The summed E-state index contributed by atoms with van der Waals surface area (Å²) in [5, 5.41) is 0. The number of hydrogen-bond acceptors (Lipinski definition) is 3. The first-order valence-electron chi connectivity index (χ1n) is 9.78. The highest BCUT2D eigenvalue weighted by Gasteiger charge is 2.13. The quantitative estimate of drug-likeness (QED) is 0.124. The summed E-state index contributed by atoms with van der Waals surface area (Å²) < 4.78 is 19.7. The van der Waals surface area contributed by atoms with Gasteiger partial charge in [-0.15, -0.1) is 0 Å². The maximum Gasteiger partial charge on any atom is 0.279 e. The smallest absolute Gasteiger partial charge is 0.279 e. The number of amides is 1. The van der Waals surface area contributed by atoms with Crippen molar-refractivity contribution in [2.45, 2.75) is 110 Å². The predicted molar refractivity (Wildman–Crippen MR) is 101 cm³/mol. The number of rotatable bonds is 17. The standard InChI is InChI=1S/C18H38N2O3S/c1-2-3-4-5-6-7-8-9-10-11-12-13-14-15-16-17-18(21)20(19)24(22)23/h2-17,19H2,1H3,(H,22,23). The number of hydrogen-bond donors (Lipinski definition) is 2. The van der Waals surface area contributed by atoms with E-state index in [1.807, 2.05) is 0 Å². The zero-order chi connectivity index (χ0) is 18.0. The van der Waals surface area contributed by atoms with Gasteiger partial charge < -0.3 is 0 Å². The van der Waals surface area contributed by atoms with Crippen LogP contribution < -0.4 is 5.84 Å². The molecule has 0 aliphatic rings. The molecule has 0 aromatic rings. The maximum atomic E-state index is 11.4. The van der Waals surface area contributed by atoms with Crippen LogP contribution in [0.2, 0.25) is 0 Å². The predicted octanol–water partition coefficient (Wildman–Crippen LogP) is 5.09. The molecule has 0 saturated heterocycles. The summed E-state index contributed by atoms with van der Waals surface area (Å²) in [5.41, 5.74) is 0. The fraction of sp³-hybridized carbons (Fsp3) is 0.944. The van der Waals surface area contributed by atoms with E-state index in [0.717, 1.165) is 19.3 Å². The Hall–Kier alpha value is -0.460. The maximum absolute atomic E-state index is 11.4. The van der Waals surface area contributed by atoms with Crippen LogP contribution in [0.5, 0.6) is 0 Å². The Morgan fingerprint density at radius 3 is 1.46 bits per heavy atom. The van der Waals surface area contributed by atoms with Gasteiger partial charge in [-0.1, -0.05) is 96.8 Å². The first kappa shape index (κ1) is 23.5. The highest BCUT2D eigenvalue weighted by atomic mass is 32.2. The molecule has 0 saturated carbocycles. The molecule has 0 bridgehead atoms. The number of carbonyl (C=O) groups excluding carboxylic acids is 1. The number of hydrazine groups is 1. The number of nitrogens with two attached hydrogens (primary N) is 1. The molecule has 0 aromatic carbocycles. The average molecular weight is 363 g/mol. The van der Waals surface area contributed by atoms with Crippen molar-refractivity contribution in [3.63, 3.8) is 0 Å². The van der Waals surface area contributed by atoms with Crippen LogP contribution >= 0.6 is 0 Å². The second-order valence-electron chi connectivity index (χ2n) is 6.65. The Morgan fingerprint density at radius 1 is 0.792 bits per heavy atom. The Morgan fingerprint density at radius 2 is 1.12 bits per heavy atom. The number of carbonyl (C=O) groups is 1. The highest BCUT2D eigenvalue weighted by molar-refractivity contribution is 7.77. The first-order valence-corrected chi connectivity index (χ1v) is 10.8. The fourth-order valence-electron chi connectivity index (χ4n) is 2.84. The van der Waals surface area contributed by atoms with E-state index >= 15 is 0 Å². The molecule has 0 rings (SSSR count). The van der Waals surface area contributed by atoms with Gasteiger partial charge in [0.2, 0.25) is 0 Å². The summed E-state index contributed by atoms with van der Waals surface area (Å²) in [6.45, 7) is 2.26. The van der Waals surface area contributed by atoms with Gasteiger partial charge in [-0.2, -0.15) is 4.41 Å². The molecule has 5 nitrogen and oxygen atoms in total. The summed E-state index contributed by atoms with van der Waals surface area (Å²) in [6, 6.07) is 0. The monoisotopic (exact) mass is 362 g/mol. The normalized spacial score (nSPS) is 12.3. The second kappa shape index (κ2) is 17.4. The number of unbranched alkanes of at least 4 members (excludes halogenated alkanes) is 14. The van der Waals surface area contributed by atoms with Gasteiger partial charge in [0.05, 0.1) is 0 Å². The molecule has 6 heteroatoms. The van der Waals surface area contributed by atoms with Crippen LogP contribution in [0.25, 0.3) is 0 Å². The van der Waals surface area contributed by atoms with E-state index in [2.05, 4.69) is 6.92 Å². The van der Waals surface area contributed by atoms with Gasteiger partial charge in [0, 0.05) is 6.42 Å². The van der Waals surface area contributed by atoms with Gasteiger partial charge in [0.25, 0.3) is 17.2 Å². The van der Waals surface area contributed by atoms with Crippen LogP contribution in [0, 0.1) is 0 Å². The molecule has 24 heavy (non-hydrogen) atoms. The van der Waals surface area contributed by atoms with Crippen LogP contribution in [0.1, 0.15) is 110 Å². The molecular formula is C18H38N2O3S. The molecule has 0 radical (unpaired) electrons. The fourth-order valence-corrected chi connectivity index (χ4v) is 3.11. The second-order valence-corrected chi connectivity index (χ2v) is 7.50. The van der Waals surface area contributed by atoms with Gasteiger partial charge >= 0.3 is 0 Å². The van der Waals surface area contributed by atoms with E-state index in [9.17, 15) is 9.00 Å². The Labute approximate surface area is 151 Å². The third-order valence-corrected chi connectivity index (χ3v) is 4.95. The van der Waals surface area contributed by atoms with Crippen LogP contribution in [-0.2, 0) is 16.1 Å². The first-order chi connectivity index (χ1) is 11.6. The van der Waals surface area contributed by atoms with Crippen LogP contribution in [0.3, 0.4) is 0 Å². The topological polar surface area (TPSA) is 83.6 Å². The lowest BCUT2D eigenvalue weighted by atomic mass is 10.0. The average Bonchev–Trinajstić information content (AvgIpc) is 2.57. The lowest BCUT2D eigenvalue weighted by Gasteiger charge is -2.10. The highest BCUT2D eigenvalue weighted by Crippen LogP contribution is 2.13. The third-order valence-electron chi connectivity index (χ3n) is 4.41. The number of nitrogens with zero attached hydrogens (tertiary/aromatic N) is 1. The molecule has 1 atom stereocenters. The van der Waals surface area contributed by atoms with Crippen molar-refractivity contribution < 1.29 is 13.6 Å². The lowest BCUT2D eigenvalue weighted by molar-refractivity contribution is -0.126. The molecule has 0 aliphatic carbocycles. The summed E-state index contributed by atoms with van der Waals surface area (Å²) in [5.74, 6) is 4.69. The van der Waals surface area contributed by atoms with Gasteiger partial charge in [-0.3, -0.25) is 9.35 Å². The largest absolute Gasteiger partial charge is 0.288 e. The Kier molecular flexibility index (Phi) is 17.0. The molecule has 0 aliphatic heterocycles. The minimum absolute atomic E-state index is 0.251. The summed E-state index contributed by atoms with van der Waals surface area (Å²) >= 11 is -2.40. The zero-order valence-corrected chi connectivity index (χ0v) is 16.3. The van der Waals surface area contributed by atoms with E-state index in [1.165, 1.54) is 77.0 Å². The molecule has 1 amide bonds. The van der Waals surface area contributed by atoms with Crippen molar-refractivity contribution in [3.8, 4) is 0 Å². The minimum Gasteiger partial charge on any atom is -0.288 e. The van der Waals surface area contributed by atoms with Crippen molar-refractivity contribution in [1.29, 1.82) is 0 Å². The molecule has 0 spiro atoms. The van der Waals surface area contributed by atoms with Gasteiger partial charge in [-0.25, -0.2) is 10.1 Å². The van der Waals surface area contributed by atoms with Crippen LogP contribution in [0.4, 0.5) is 0 Å². The van der Waals surface area contributed by atoms with E-state index in [0.29, 0.717) is 4.41 Å². The minimum atomic E-state index is -2.40. The van der Waals surface area contributed by atoms with Crippen molar-refractivity contribution >= 4 is 17.2 Å². The summed E-state index contributed by atoms with van der Waals surface area (Å²) in [4.78, 5) is 11.4. The van der Waals surface area contributed by atoms with Crippen molar-refractivity contribution in [1.82, 2.24) is 4.41 Å². The van der Waals surface area contributed by atoms with E-state index in [1.54, 1.807) is 0 Å². The molecule has 0 heterocycles. The molecule has 3 N–H and O–H groups in total. The Bertz CT molecular complexity index is 327. The Balaban J connectivity index is 3.18. The van der Waals surface area contributed by atoms with Gasteiger partial charge in [-0.05, 0) is 6.42 Å². The molecule has 0 fully saturated rings. The molecule has 144 valence electrons. The lowest BCUT2D eigenvalue weighted by Crippen LogP contribution is -2.38. The van der Waals surface area contributed by atoms with Gasteiger partial charge in [0.15, 0.2) is 0 Å². The van der Waals surface area contributed by atoms with Crippen molar-refractivity contribution in [2.75, 3.05) is 0 Å². The van der Waals surface area contributed by atoms with Crippen LogP contribution in [0.15, 0.2) is 0 Å². The zero-order valence-electron chi connectivity index (χ0n) is 15.5. The van der Waals surface area contributed by atoms with E-state index in [4.69, 9.17) is 10.4 Å². The van der Waals surface area contributed by atoms with E-state index < -0.39 is 17.2 Å².